The van der Waals surface area contributed by atoms with E-state index in [0.717, 1.165) is 0 Å². The molecule has 0 aromatic rings. The summed E-state index contributed by atoms with van der Waals surface area (Å²) in [6.07, 6.45) is -7.77. The Morgan fingerprint density at radius 1 is 1.04 bits per heavy atom. The van der Waals surface area contributed by atoms with E-state index in [2.05, 4.69) is 0 Å². The van der Waals surface area contributed by atoms with Gasteiger partial charge < -0.3 is 35.4 Å². The van der Waals surface area contributed by atoms with Gasteiger partial charge in [0.15, 0.2) is 12.2 Å². The van der Waals surface area contributed by atoms with Gasteiger partial charge in [0.2, 0.25) is 6.23 Å². The number of aliphatic hydroxyl groups excluding tert-OH is 4. The molecule has 0 radical (unpaired) electrons. The van der Waals surface area contributed by atoms with Gasteiger partial charge >= 0.3 is 11.9 Å². The van der Waals surface area contributed by atoms with Crippen molar-refractivity contribution in [1.29, 1.82) is 0 Å². The standard InChI is InChI=1S/C15H26N2O9/c18-8-7-17(5-3-16(4-6-17)2-1-9(19)20)14-12(23)10(21)11(22)13(26-14)15(24)25/h10-14,18,21-23H,1-8H2,(H-,19,20,24,25)/p+1. The third-order valence-corrected chi connectivity index (χ3v) is 5.28. The van der Waals surface area contributed by atoms with Crippen LogP contribution < -0.4 is 0 Å². The van der Waals surface area contributed by atoms with E-state index < -0.39 is 42.6 Å². The molecule has 150 valence electrons. The summed E-state index contributed by atoms with van der Waals surface area (Å²) in [6, 6.07) is 0. The van der Waals surface area contributed by atoms with E-state index in [0.29, 0.717) is 32.7 Å². The lowest BCUT2D eigenvalue weighted by Gasteiger charge is -2.52. The number of rotatable bonds is 7. The fraction of sp³-hybridized carbons (Fsp3) is 0.867. The quantitative estimate of drug-likeness (QED) is 0.244. The molecular weight excluding hydrogens is 352 g/mol. The summed E-state index contributed by atoms with van der Waals surface area (Å²) in [7, 11) is 0. The van der Waals surface area contributed by atoms with Gasteiger partial charge in [-0.15, -0.1) is 0 Å². The normalized spacial score (nSPS) is 35.2. The lowest BCUT2D eigenvalue weighted by atomic mass is 9.95. The fourth-order valence-electron chi connectivity index (χ4n) is 3.70. The molecule has 11 nitrogen and oxygen atoms in total. The minimum absolute atomic E-state index is 0.00541. The van der Waals surface area contributed by atoms with Crippen LogP contribution >= 0.6 is 0 Å². The Morgan fingerprint density at radius 2 is 1.65 bits per heavy atom. The van der Waals surface area contributed by atoms with Crippen molar-refractivity contribution in [3.8, 4) is 0 Å². The average molecular weight is 379 g/mol. The molecule has 0 amide bonds. The van der Waals surface area contributed by atoms with Crippen LogP contribution in [0, 0.1) is 0 Å². The zero-order valence-electron chi connectivity index (χ0n) is 14.3. The predicted octanol–water partition coefficient (Wildman–Crippen LogP) is -3.52. The first-order valence-electron chi connectivity index (χ1n) is 8.55. The predicted molar refractivity (Wildman–Crippen MR) is 85.0 cm³/mol. The molecule has 5 unspecified atom stereocenters. The van der Waals surface area contributed by atoms with Crippen molar-refractivity contribution in [2.45, 2.75) is 37.1 Å². The first kappa shape index (κ1) is 21.0. The monoisotopic (exact) mass is 379 g/mol. The van der Waals surface area contributed by atoms with Gasteiger partial charge in [-0.05, 0) is 0 Å². The van der Waals surface area contributed by atoms with Gasteiger partial charge in [-0.25, -0.2) is 4.79 Å². The van der Waals surface area contributed by atoms with E-state index >= 15 is 0 Å². The number of quaternary nitrogens is 1. The van der Waals surface area contributed by atoms with Crippen LogP contribution in [0.15, 0.2) is 0 Å². The number of nitrogens with zero attached hydrogens (tertiary/aromatic N) is 2. The zero-order valence-corrected chi connectivity index (χ0v) is 14.3. The van der Waals surface area contributed by atoms with Crippen LogP contribution in [0.1, 0.15) is 6.42 Å². The van der Waals surface area contributed by atoms with Crippen LogP contribution in [0.25, 0.3) is 0 Å². The Bertz CT molecular complexity index is 509. The Kier molecular flexibility index (Phi) is 6.91. The lowest BCUT2D eigenvalue weighted by Crippen LogP contribution is -2.74. The summed E-state index contributed by atoms with van der Waals surface area (Å²) in [6.45, 7) is 1.98. The molecule has 11 heteroatoms. The van der Waals surface area contributed by atoms with Crippen LogP contribution in [-0.2, 0) is 14.3 Å². The molecule has 0 aromatic heterocycles. The Balaban J connectivity index is 2.15. The van der Waals surface area contributed by atoms with E-state index in [1.165, 1.54) is 0 Å². The van der Waals surface area contributed by atoms with Gasteiger partial charge in [-0.2, -0.15) is 0 Å². The van der Waals surface area contributed by atoms with Crippen LogP contribution in [-0.4, -0.2) is 128 Å². The highest BCUT2D eigenvalue weighted by Gasteiger charge is 2.55. The number of carbonyl (C=O) groups is 2. The summed E-state index contributed by atoms with van der Waals surface area (Å²) in [5, 5.41) is 57.7. The summed E-state index contributed by atoms with van der Waals surface area (Å²) >= 11 is 0. The molecule has 2 heterocycles. The maximum Gasteiger partial charge on any atom is 0.335 e. The maximum absolute atomic E-state index is 11.3. The van der Waals surface area contributed by atoms with Crippen molar-refractivity contribution in [2.75, 3.05) is 45.9 Å². The molecule has 2 fully saturated rings. The minimum Gasteiger partial charge on any atom is -0.481 e. The molecule has 0 aromatic carbocycles. The van der Waals surface area contributed by atoms with Crippen molar-refractivity contribution in [3.63, 3.8) is 0 Å². The van der Waals surface area contributed by atoms with E-state index in [9.17, 15) is 35.1 Å². The Morgan fingerprint density at radius 3 is 2.15 bits per heavy atom. The second-order valence-electron chi connectivity index (χ2n) is 6.86. The molecule has 26 heavy (non-hydrogen) atoms. The molecule has 0 aliphatic carbocycles. The van der Waals surface area contributed by atoms with Gasteiger partial charge in [0.05, 0.1) is 26.1 Å². The van der Waals surface area contributed by atoms with Crippen molar-refractivity contribution >= 4 is 11.9 Å². The van der Waals surface area contributed by atoms with Gasteiger partial charge in [0.1, 0.15) is 18.8 Å². The number of aliphatic hydroxyl groups is 4. The van der Waals surface area contributed by atoms with Gasteiger partial charge in [0.25, 0.3) is 0 Å². The Labute approximate surface area is 150 Å². The summed E-state index contributed by atoms with van der Waals surface area (Å²) < 4.78 is 5.48. The minimum atomic E-state index is -1.76. The van der Waals surface area contributed by atoms with E-state index in [1.807, 2.05) is 4.90 Å². The topological polar surface area (TPSA) is 168 Å². The molecule has 2 saturated heterocycles. The van der Waals surface area contributed by atoms with E-state index in [-0.39, 0.29) is 24.1 Å². The molecule has 6 N–H and O–H groups in total. The molecule has 2 aliphatic rings. The van der Waals surface area contributed by atoms with E-state index in [4.69, 9.17) is 9.84 Å². The third-order valence-electron chi connectivity index (χ3n) is 5.28. The molecule has 0 spiro atoms. The van der Waals surface area contributed by atoms with Crippen molar-refractivity contribution in [1.82, 2.24) is 4.90 Å². The average Bonchev–Trinajstić information content (AvgIpc) is 2.59. The van der Waals surface area contributed by atoms with Crippen molar-refractivity contribution in [3.05, 3.63) is 0 Å². The van der Waals surface area contributed by atoms with Crippen LogP contribution in [0.4, 0.5) is 0 Å². The summed E-state index contributed by atoms with van der Waals surface area (Å²) in [4.78, 5) is 23.9. The molecule has 5 atom stereocenters. The van der Waals surface area contributed by atoms with Crippen molar-refractivity contribution in [2.24, 2.45) is 0 Å². The number of aliphatic carboxylic acids is 2. The smallest absolute Gasteiger partial charge is 0.335 e. The lowest BCUT2D eigenvalue weighted by molar-refractivity contribution is -0.981. The SMILES string of the molecule is O=C(O)CCN1CC[N+](CCO)(C2OC(C(=O)O)C(O)C(O)C2O)CC1. The van der Waals surface area contributed by atoms with Crippen LogP contribution in [0.2, 0.25) is 0 Å². The van der Waals surface area contributed by atoms with E-state index in [1.54, 1.807) is 0 Å². The fourth-order valence-corrected chi connectivity index (χ4v) is 3.70. The summed E-state index contributed by atoms with van der Waals surface area (Å²) in [5.74, 6) is -2.35. The first-order valence-corrected chi connectivity index (χ1v) is 8.55. The third kappa shape index (κ3) is 4.31. The first-order chi connectivity index (χ1) is 12.2. The summed E-state index contributed by atoms with van der Waals surface area (Å²) in [5.41, 5.74) is 0. The van der Waals surface area contributed by atoms with Crippen LogP contribution in [0.5, 0.6) is 0 Å². The zero-order chi connectivity index (χ0) is 19.5. The van der Waals surface area contributed by atoms with Gasteiger partial charge in [-0.1, -0.05) is 0 Å². The molecule has 2 aliphatic heterocycles. The number of piperazine rings is 1. The number of ether oxygens (including phenoxy) is 1. The molecule has 0 bridgehead atoms. The highest BCUT2D eigenvalue weighted by atomic mass is 16.6. The maximum atomic E-state index is 11.3. The van der Waals surface area contributed by atoms with Crippen LogP contribution in [0.3, 0.4) is 0 Å². The van der Waals surface area contributed by atoms with Gasteiger partial charge in [-0.3, -0.25) is 14.2 Å². The number of carboxylic acids is 2. The number of carboxylic acid groups (broad SMARTS) is 2. The molecule has 2 rings (SSSR count). The highest BCUT2D eigenvalue weighted by Crippen LogP contribution is 2.30. The molecule has 0 saturated carbocycles. The number of hydrogen-bond donors (Lipinski definition) is 6. The van der Waals surface area contributed by atoms with Gasteiger partial charge in [0, 0.05) is 19.6 Å². The highest BCUT2D eigenvalue weighted by molar-refractivity contribution is 5.73. The number of hydrogen-bond acceptors (Lipinski definition) is 8. The Hall–Kier alpha value is -1.34. The molecular formula is C15H27N2O9+. The second-order valence-corrected chi connectivity index (χ2v) is 6.86. The van der Waals surface area contributed by atoms with Crippen molar-refractivity contribution < 1.29 is 49.4 Å². The second kappa shape index (κ2) is 8.57. The largest absolute Gasteiger partial charge is 0.481 e.